The predicted molar refractivity (Wildman–Crippen MR) is 34.4 cm³/mol. The van der Waals surface area contributed by atoms with Crippen LogP contribution in [0.3, 0.4) is 0 Å². The quantitative estimate of drug-likeness (QED) is 0.490. The van der Waals surface area contributed by atoms with Crippen molar-refractivity contribution in [3.05, 3.63) is 0 Å². The van der Waals surface area contributed by atoms with E-state index >= 15 is 0 Å². The maximum absolute atomic E-state index is 12.3. The summed E-state index contributed by atoms with van der Waals surface area (Å²) in [6, 6.07) is 0. The number of nitrogens with one attached hydrogen (secondary N) is 1. The van der Waals surface area contributed by atoms with Gasteiger partial charge < -0.3 is 0 Å². The van der Waals surface area contributed by atoms with E-state index in [9.17, 15) is 26.0 Å². The van der Waals surface area contributed by atoms with Gasteiger partial charge in [0.1, 0.15) is 0 Å². The largest absolute Gasteiger partial charge is 0.422 e. The first-order valence-electron chi connectivity index (χ1n) is 2.59. The summed E-state index contributed by atoms with van der Waals surface area (Å²) in [6.45, 7) is 0. The highest BCUT2D eigenvalue weighted by atomic mass is 32.3. The first kappa shape index (κ1) is 10.1. The van der Waals surface area contributed by atoms with Crippen LogP contribution in [0.25, 0.3) is 0 Å². The lowest BCUT2D eigenvalue weighted by Crippen LogP contribution is -2.56. The third-order valence-electron chi connectivity index (χ3n) is 1.19. The summed E-state index contributed by atoms with van der Waals surface area (Å²) in [6.07, 6.45) is 0. The van der Waals surface area contributed by atoms with E-state index in [1.54, 1.807) is 0 Å². The first-order valence-corrected chi connectivity index (χ1v) is 5.06. The molecule has 1 aliphatic heterocycles. The van der Waals surface area contributed by atoms with Crippen LogP contribution in [0.5, 0.6) is 0 Å². The van der Waals surface area contributed by atoms with E-state index in [1.807, 2.05) is 0 Å². The Morgan fingerprint density at radius 1 is 1.25 bits per heavy atom. The fourth-order valence-electron chi connectivity index (χ4n) is 0.531. The van der Waals surface area contributed by atoms with E-state index in [0.717, 1.165) is 0 Å². The highest BCUT2D eigenvalue weighted by Crippen LogP contribution is 2.43. The Labute approximate surface area is 69.7 Å². The van der Waals surface area contributed by atoms with E-state index in [2.05, 4.69) is 0 Å². The van der Waals surface area contributed by atoms with Gasteiger partial charge in [-0.25, -0.2) is 8.42 Å². The summed E-state index contributed by atoms with van der Waals surface area (Å²) in [5.74, 6) is -5.78. The van der Waals surface area contributed by atoms with Crippen molar-refractivity contribution in [2.24, 2.45) is 0 Å². The zero-order chi connectivity index (χ0) is 9.62. The Morgan fingerprint density at radius 3 is 2.08 bits per heavy atom. The Morgan fingerprint density at radius 2 is 1.75 bits per heavy atom. The Balaban J connectivity index is 3.16. The van der Waals surface area contributed by atoms with Gasteiger partial charge >= 0.3 is 11.2 Å². The molecule has 1 saturated heterocycles. The van der Waals surface area contributed by atoms with Gasteiger partial charge in [-0.2, -0.15) is 21.7 Å². The molecule has 0 spiro atoms. The third kappa shape index (κ3) is 1.19. The molecule has 9 heteroatoms. The lowest BCUT2D eigenvalue weighted by atomic mass is 10.4. The second-order valence-electron chi connectivity index (χ2n) is 2.10. The number of halogens is 4. The van der Waals surface area contributed by atoms with Gasteiger partial charge in [-0.15, -0.1) is 0 Å². The van der Waals surface area contributed by atoms with Gasteiger partial charge in [0.25, 0.3) is 10.0 Å². The van der Waals surface area contributed by atoms with Crippen LogP contribution in [-0.4, -0.2) is 25.3 Å². The Hall–Kier alpha value is -0.0200. The molecule has 0 aromatic heterocycles. The van der Waals surface area contributed by atoms with Crippen LogP contribution in [-0.2, 0) is 10.0 Å². The van der Waals surface area contributed by atoms with Crippen LogP contribution >= 0.6 is 11.9 Å². The SMILES string of the molecule is O=S1(=O)NSCC(F)(F)C1(F)F. The van der Waals surface area contributed by atoms with Crippen LogP contribution in [0.4, 0.5) is 17.6 Å². The minimum atomic E-state index is -5.24. The summed E-state index contributed by atoms with van der Waals surface area (Å²) in [5, 5.41) is -5.02. The van der Waals surface area contributed by atoms with Crippen LogP contribution in [0.15, 0.2) is 0 Å². The zero-order valence-electron chi connectivity index (χ0n) is 5.35. The number of alkyl halides is 4. The fourth-order valence-corrected chi connectivity index (χ4v) is 2.72. The minimum Gasteiger partial charge on any atom is -0.205 e. The van der Waals surface area contributed by atoms with Gasteiger partial charge in [0.05, 0.1) is 5.75 Å². The lowest BCUT2D eigenvalue weighted by molar-refractivity contribution is -0.141. The smallest absolute Gasteiger partial charge is 0.205 e. The molecule has 0 aromatic carbocycles. The Kier molecular flexibility index (Phi) is 2.08. The average molecular weight is 225 g/mol. The number of sulfonamides is 1. The van der Waals surface area contributed by atoms with Gasteiger partial charge in [-0.05, 0) is 0 Å². The van der Waals surface area contributed by atoms with E-state index in [-0.39, 0.29) is 11.9 Å². The molecule has 1 heterocycles. The van der Waals surface area contributed by atoms with Crippen molar-refractivity contribution < 1.29 is 26.0 Å². The molecule has 1 rings (SSSR count). The van der Waals surface area contributed by atoms with Gasteiger partial charge in [0.15, 0.2) is 0 Å². The van der Waals surface area contributed by atoms with E-state index in [1.165, 1.54) is 4.13 Å². The molecule has 12 heavy (non-hydrogen) atoms. The second kappa shape index (κ2) is 2.48. The molecule has 0 unspecified atom stereocenters. The average Bonchev–Trinajstić information content (AvgIpc) is 1.83. The number of rotatable bonds is 0. The van der Waals surface area contributed by atoms with Gasteiger partial charge in [-0.1, -0.05) is 11.9 Å². The maximum atomic E-state index is 12.3. The monoisotopic (exact) mass is 225 g/mol. The highest BCUT2D eigenvalue weighted by molar-refractivity contribution is 8.10. The molecular formula is C3H3F4NO2S2. The van der Waals surface area contributed by atoms with Gasteiger partial charge in [0, 0.05) is 0 Å². The van der Waals surface area contributed by atoms with Crippen molar-refractivity contribution in [2.45, 2.75) is 11.2 Å². The third-order valence-corrected chi connectivity index (χ3v) is 4.02. The van der Waals surface area contributed by atoms with Crippen molar-refractivity contribution in [3.8, 4) is 0 Å². The number of hydrogen-bond donors (Lipinski definition) is 1. The summed E-state index contributed by atoms with van der Waals surface area (Å²) in [7, 11) is -5.24. The van der Waals surface area contributed by atoms with Crippen LogP contribution < -0.4 is 4.13 Å². The van der Waals surface area contributed by atoms with Crippen molar-refractivity contribution in [1.29, 1.82) is 0 Å². The second-order valence-corrected chi connectivity index (χ2v) is 4.86. The topological polar surface area (TPSA) is 46.2 Å². The summed E-state index contributed by atoms with van der Waals surface area (Å²) >= 11 is 0.0431. The maximum Gasteiger partial charge on any atom is 0.422 e. The molecule has 1 N–H and O–H groups in total. The molecule has 0 atom stereocenters. The van der Waals surface area contributed by atoms with Crippen molar-refractivity contribution in [3.63, 3.8) is 0 Å². The standard InChI is InChI=1S/C3H3F4NO2S2/c4-2(5)1-11-8-12(9,10)3(2,6)7/h8H,1H2. The van der Waals surface area contributed by atoms with E-state index in [4.69, 9.17) is 0 Å². The summed E-state index contributed by atoms with van der Waals surface area (Å²) < 4.78 is 71.2. The minimum absolute atomic E-state index is 0.0431. The molecule has 1 fully saturated rings. The molecule has 0 aliphatic carbocycles. The highest BCUT2D eigenvalue weighted by Gasteiger charge is 2.68. The molecule has 0 bridgehead atoms. The van der Waals surface area contributed by atoms with Crippen LogP contribution in [0.2, 0.25) is 0 Å². The summed E-state index contributed by atoms with van der Waals surface area (Å²) in [4.78, 5) is 0. The first-order chi connectivity index (χ1) is 5.21. The molecule has 0 radical (unpaired) electrons. The molecule has 1 aliphatic rings. The molecule has 72 valence electrons. The molecule has 0 aromatic rings. The van der Waals surface area contributed by atoms with Crippen molar-refractivity contribution >= 4 is 22.0 Å². The van der Waals surface area contributed by atoms with Gasteiger partial charge in [-0.3, -0.25) is 0 Å². The molecular weight excluding hydrogens is 222 g/mol. The molecule has 0 amide bonds. The molecule has 3 nitrogen and oxygen atoms in total. The lowest BCUT2D eigenvalue weighted by Gasteiger charge is -2.29. The fraction of sp³-hybridized carbons (Fsp3) is 1.00. The Bertz CT molecular complexity index is 287. The predicted octanol–water partition coefficient (Wildman–Crippen LogP) is 0.796. The zero-order valence-corrected chi connectivity index (χ0v) is 6.98. The van der Waals surface area contributed by atoms with Crippen molar-refractivity contribution in [2.75, 3.05) is 5.75 Å². The van der Waals surface area contributed by atoms with Crippen molar-refractivity contribution in [1.82, 2.24) is 4.13 Å². The van der Waals surface area contributed by atoms with Crippen LogP contribution in [0, 0.1) is 0 Å². The molecule has 0 saturated carbocycles. The summed E-state index contributed by atoms with van der Waals surface area (Å²) in [5.41, 5.74) is 0. The van der Waals surface area contributed by atoms with E-state index < -0.39 is 27.0 Å². The normalized spacial score (nSPS) is 31.3. The number of hydrogen-bond acceptors (Lipinski definition) is 3. The van der Waals surface area contributed by atoms with Gasteiger partial charge in [0.2, 0.25) is 0 Å². The van der Waals surface area contributed by atoms with Crippen LogP contribution in [0.1, 0.15) is 0 Å². The van der Waals surface area contributed by atoms with E-state index in [0.29, 0.717) is 0 Å².